The van der Waals surface area contributed by atoms with Crippen molar-refractivity contribution in [2.24, 2.45) is 4.99 Å². The lowest BCUT2D eigenvalue weighted by Crippen LogP contribution is -2.42. The highest BCUT2D eigenvalue weighted by atomic mass is 32.2. The van der Waals surface area contributed by atoms with Crippen molar-refractivity contribution in [1.29, 1.82) is 0 Å². The Morgan fingerprint density at radius 2 is 1.63 bits per heavy atom. The van der Waals surface area contributed by atoms with Crippen LogP contribution in [0.1, 0.15) is 20.4 Å². The fraction of sp³-hybridized carbons (Fsp3) is 0.300. The number of thioether (sulfide) groups is 2. The van der Waals surface area contributed by atoms with Crippen LogP contribution in [0.5, 0.6) is 0 Å². The van der Waals surface area contributed by atoms with Gasteiger partial charge in [0.1, 0.15) is 10.0 Å². The van der Waals surface area contributed by atoms with Gasteiger partial charge in [-0.25, -0.2) is 9.97 Å². The van der Waals surface area contributed by atoms with Crippen molar-refractivity contribution in [1.82, 2.24) is 20.6 Å². The van der Waals surface area contributed by atoms with Gasteiger partial charge in [-0.05, 0) is 12.1 Å². The third-order valence-electron chi connectivity index (χ3n) is 3.73. The average Bonchev–Trinajstić information content (AvgIpc) is 3.48. The fourth-order valence-corrected chi connectivity index (χ4v) is 5.44. The summed E-state index contributed by atoms with van der Waals surface area (Å²) in [6, 6.07) is 9.18. The van der Waals surface area contributed by atoms with E-state index < -0.39 is 0 Å². The minimum absolute atomic E-state index is 0.160. The van der Waals surface area contributed by atoms with Crippen LogP contribution in [0.2, 0.25) is 0 Å². The lowest BCUT2D eigenvalue weighted by molar-refractivity contribution is 0.0976. The molecule has 0 saturated heterocycles. The Hall–Kier alpha value is -1.88. The normalized spacial score (nSPS) is 11.4. The maximum absolute atomic E-state index is 12.5. The number of hydrogen-bond acceptors (Lipinski definition) is 8. The lowest BCUT2D eigenvalue weighted by atomic mass is 10.2. The molecule has 0 unspecified atom stereocenters. The summed E-state index contributed by atoms with van der Waals surface area (Å²) in [7, 11) is 0. The van der Waals surface area contributed by atoms with E-state index in [2.05, 4.69) is 25.6 Å². The summed E-state index contributed by atoms with van der Waals surface area (Å²) in [6.07, 6.45) is 3.65. The fourth-order valence-electron chi connectivity index (χ4n) is 2.34. The number of amides is 1. The minimum atomic E-state index is -0.160. The standard InChI is InChI=1S/C20H23N5OS4/c26-19(16-4-2-1-3-5-16)25-20(23-6-10-27-14-17-21-8-12-29-17)24-7-11-28-15-18-22-9-13-30-18/h1-5,8-9,12-13H,6-7,10-11,14-15H2,(H2,23,24,25,26). The van der Waals surface area contributed by atoms with Crippen LogP contribution in [0.4, 0.5) is 0 Å². The first-order valence-electron chi connectivity index (χ1n) is 9.38. The Labute approximate surface area is 193 Å². The second kappa shape index (κ2) is 13.4. The third-order valence-corrected chi connectivity index (χ3v) is 7.57. The van der Waals surface area contributed by atoms with E-state index in [-0.39, 0.29) is 5.91 Å². The van der Waals surface area contributed by atoms with Crippen molar-refractivity contribution in [3.05, 3.63) is 69.1 Å². The highest BCUT2D eigenvalue weighted by Crippen LogP contribution is 2.14. The van der Waals surface area contributed by atoms with Crippen molar-refractivity contribution < 1.29 is 4.79 Å². The summed E-state index contributed by atoms with van der Waals surface area (Å²) >= 11 is 6.93. The third kappa shape index (κ3) is 8.47. The van der Waals surface area contributed by atoms with Gasteiger partial charge in [0.2, 0.25) is 0 Å². The molecular formula is C20H23N5OS4. The summed E-state index contributed by atoms with van der Waals surface area (Å²) < 4.78 is 0. The SMILES string of the molecule is O=C(N/C(=N\CCSCc1nccs1)NCCSCc1nccs1)c1ccccc1. The number of guanidine groups is 1. The number of benzene rings is 1. The van der Waals surface area contributed by atoms with Gasteiger partial charge in [0.25, 0.3) is 5.91 Å². The smallest absolute Gasteiger partial charge is 0.257 e. The van der Waals surface area contributed by atoms with Gasteiger partial charge in [0.05, 0.1) is 6.54 Å². The molecule has 10 heteroatoms. The van der Waals surface area contributed by atoms with Crippen LogP contribution < -0.4 is 10.6 Å². The zero-order valence-corrected chi connectivity index (χ0v) is 19.6. The van der Waals surface area contributed by atoms with Crippen molar-refractivity contribution in [2.75, 3.05) is 24.6 Å². The van der Waals surface area contributed by atoms with Crippen LogP contribution >= 0.6 is 46.2 Å². The molecule has 158 valence electrons. The zero-order chi connectivity index (χ0) is 20.9. The molecule has 1 aromatic carbocycles. The molecule has 0 radical (unpaired) electrons. The largest absolute Gasteiger partial charge is 0.355 e. The van der Waals surface area contributed by atoms with Crippen molar-refractivity contribution >= 4 is 58.1 Å². The molecule has 0 bridgehead atoms. The van der Waals surface area contributed by atoms with E-state index in [9.17, 15) is 4.79 Å². The molecule has 2 aromatic heterocycles. The molecule has 2 N–H and O–H groups in total. The maximum Gasteiger partial charge on any atom is 0.257 e. The molecule has 0 spiro atoms. The first-order valence-corrected chi connectivity index (χ1v) is 13.4. The van der Waals surface area contributed by atoms with Crippen LogP contribution in [-0.2, 0) is 11.5 Å². The quantitative estimate of drug-likeness (QED) is 0.245. The van der Waals surface area contributed by atoms with Crippen molar-refractivity contribution in [2.45, 2.75) is 11.5 Å². The number of hydrogen-bond donors (Lipinski definition) is 2. The van der Waals surface area contributed by atoms with Gasteiger partial charge < -0.3 is 5.32 Å². The maximum atomic E-state index is 12.5. The number of aliphatic imine (C=N–C) groups is 1. The summed E-state index contributed by atoms with van der Waals surface area (Å²) in [5.41, 5.74) is 0.614. The molecule has 0 aliphatic rings. The van der Waals surface area contributed by atoms with Gasteiger partial charge in [0.15, 0.2) is 5.96 Å². The Morgan fingerprint density at radius 3 is 2.27 bits per heavy atom. The van der Waals surface area contributed by atoms with Crippen LogP contribution in [0.25, 0.3) is 0 Å². The van der Waals surface area contributed by atoms with Gasteiger partial charge >= 0.3 is 0 Å². The summed E-state index contributed by atoms with van der Waals surface area (Å²) in [5, 5.41) is 12.4. The van der Waals surface area contributed by atoms with E-state index in [1.54, 1.807) is 58.3 Å². The summed E-state index contributed by atoms with van der Waals surface area (Å²) in [5.74, 6) is 3.92. The second-order valence-electron chi connectivity index (χ2n) is 5.93. The Bertz CT molecular complexity index is 885. The van der Waals surface area contributed by atoms with E-state index in [1.807, 2.05) is 41.4 Å². The number of carbonyl (C=O) groups is 1. The Kier molecular flexibility index (Phi) is 10.2. The molecular weight excluding hydrogens is 455 g/mol. The van der Waals surface area contributed by atoms with Crippen LogP contribution in [0, 0.1) is 0 Å². The van der Waals surface area contributed by atoms with Gasteiger partial charge in [-0.2, -0.15) is 23.5 Å². The number of aromatic nitrogens is 2. The Balaban J connectivity index is 1.44. The number of nitrogens with zero attached hydrogens (tertiary/aromatic N) is 3. The molecule has 6 nitrogen and oxygen atoms in total. The molecule has 3 rings (SSSR count). The predicted molar refractivity (Wildman–Crippen MR) is 131 cm³/mol. The molecule has 1 amide bonds. The summed E-state index contributed by atoms with van der Waals surface area (Å²) in [4.78, 5) is 25.6. The van der Waals surface area contributed by atoms with Gasteiger partial charge in [0, 0.05) is 58.3 Å². The number of nitrogens with one attached hydrogen (secondary N) is 2. The topological polar surface area (TPSA) is 79.3 Å². The van der Waals surface area contributed by atoms with Crippen molar-refractivity contribution in [3.8, 4) is 0 Å². The van der Waals surface area contributed by atoms with E-state index >= 15 is 0 Å². The lowest BCUT2D eigenvalue weighted by Gasteiger charge is -2.11. The van der Waals surface area contributed by atoms with Gasteiger partial charge in [-0.3, -0.25) is 15.1 Å². The molecule has 2 heterocycles. The number of thiazole rings is 2. The number of rotatable bonds is 11. The molecule has 0 saturated carbocycles. The van der Waals surface area contributed by atoms with Crippen molar-refractivity contribution in [3.63, 3.8) is 0 Å². The number of carbonyl (C=O) groups excluding carboxylic acids is 1. The predicted octanol–water partition coefficient (Wildman–Crippen LogP) is 4.14. The van der Waals surface area contributed by atoms with E-state index in [4.69, 9.17) is 0 Å². The second-order valence-corrected chi connectivity index (χ2v) is 10.1. The highest BCUT2D eigenvalue weighted by molar-refractivity contribution is 7.98. The van der Waals surface area contributed by atoms with Crippen LogP contribution in [0.3, 0.4) is 0 Å². The van der Waals surface area contributed by atoms with E-state index in [0.717, 1.165) is 39.6 Å². The first-order chi connectivity index (χ1) is 14.8. The molecule has 0 atom stereocenters. The molecule has 3 aromatic rings. The molecule has 30 heavy (non-hydrogen) atoms. The highest BCUT2D eigenvalue weighted by Gasteiger charge is 2.08. The zero-order valence-electron chi connectivity index (χ0n) is 16.3. The van der Waals surface area contributed by atoms with Gasteiger partial charge in [-0.1, -0.05) is 18.2 Å². The Morgan fingerprint density at radius 1 is 0.967 bits per heavy atom. The molecule has 0 aliphatic heterocycles. The molecule has 0 aliphatic carbocycles. The van der Waals surface area contributed by atoms with Crippen LogP contribution in [0.15, 0.2) is 58.5 Å². The van der Waals surface area contributed by atoms with Crippen LogP contribution in [-0.4, -0.2) is 46.4 Å². The van der Waals surface area contributed by atoms with E-state index in [0.29, 0.717) is 18.1 Å². The monoisotopic (exact) mass is 477 g/mol. The van der Waals surface area contributed by atoms with Gasteiger partial charge in [-0.15, -0.1) is 22.7 Å². The first kappa shape index (κ1) is 22.8. The average molecular weight is 478 g/mol. The summed E-state index contributed by atoms with van der Waals surface area (Å²) in [6.45, 7) is 1.34. The van der Waals surface area contributed by atoms with E-state index in [1.165, 1.54) is 0 Å². The minimum Gasteiger partial charge on any atom is -0.355 e. The molecule has 0 fully saturated rings.